The third-order valence-corrected chi connectivity index (χ3v) is 1.81. The van der Waals surface area contributed by atoms with Gasteiger partial charge in [0, 0.05) is 11.7 Å². The highest BCUT2D eigenvalue weighted by molar-refractivity contribution is 5.89. The van der Waals surface area contributed by atoms with E-state index >= 15 is 0 Å². The van der Waals surface area contributed by atoms with Gasteiger partial charge in [-0.15, -0.1) is 0 Å². The Balaban J connectivity index is 2.41. The molecule has 0 aliphatic carbocycles. The first kappa shape index (κ1) is 11.1. The first-order valence-electron chi connectivity index (χ1n) is 4.72. The number of benzene rings is 1. The zero-order chi connectivity index (χ0) is 11.1. The molecule has 0 bridgehead atoms. The second-order valence-electron chi connectivity index (χ2n) is 3.23. The van der Waals surface area contributed by atoms with Gasteiger partial charge in [0.05, 0.1) is 12.5 Å². The van der Waals surface area contributed by atoms with Gasteiger partial charge in [-0.2, -0.15) is 5.26 Å². The molecule has 1 aromatic carbocycles. The number of nitriles is 1. The van der Waals surface area contributed by atoms with Crippen molar-refractivity contribution in [3.63, 3.8) is 0 Å². The minimum Gasteiger partial charge on any atom is -0.334 e. The molecule has 78 valence electrons. The highest BCUT2D eigenvalue weighted by Crippen LogP contribution is 2.04. The van der Waals surface area contributed by atoms with Crippen molar-refractivity contribution in [2.75, 3.05) is 5.32 Å². The van der Waals surface area contributed by atoms with Gasteiger partial charge in [-0.25, -0.2) is 4.79 Å². The molecule has 0 saturated carbocycles. The number of carbonyl (C=O) groups excluding carboxylic acids is 1. The van der Waals surface area contributed by atoms with Crippen molar-refractivity contribution in [1.29, 1.82) is 5.26 Å². The summed E-state index contributed by atoms with van der Waals surface area (Å²) >= 11 is 0. The third-order valence-electron chi connectivity index (χ3n) is 1.81. The van der Waals surface area contributed by atoms with Gasteiger partial charge in [-0.3, -0.25) is 0 Å². The Hall–Kier alpha value is -2.02. The van der Waals surface area contributed by atoms with Gasteiger partial charge in [0.25, 0.3) is 0 Å². The van der Waals surface area contributed by atoms with Crippen LogP contribution in [0.3, 0.4) is 0 Å². The Morgan fingerprint density at radius 1 is 1.47 bits per heavy atom. The lowest BCUT2D eigenvalue weighted by atomic mass is 10.2. The van der Waals surface area contributed by atoms with E-state index in [1.54, 1.807) is 19.1 Å². The van der Waals surface area contributed by atoms with Gasteiger partial charge in [-0.05, 0) is 19.1 Å². The lowest BCUT2D eigenvalue weighted by Gasteiger charge is -2.11. The molecule has 4 heteroatoms. The van der Waals surface area contributed by atoms with Gasteiger partial charge in [0.15, 0.2) is 0 Å². The lowest BCUT2D eigenvalue weighted by Crippen LogP contribution is -2.35. The van der Waals surface area contributed by atoms with Gasteiger partial charge in [0.2, 0.25) is 0 Å². The molecule has 0 saturated heterocycles. The van der Waals surface area contributed by atoms with Gasteiger partial charge in [0.1, 0.15) is 0 Å². The first-order chi connectivity index (χ1) is 7.22. The Labute approximate surface area is 88.9 Å². The van der Waals surface area contributed by atoms with Crippen LogP contribution in [-0.2, 0) is 0 Å². The summed E-state index contributed by atoms with van der Waals surface area (Å²) in [6.45, 7) is 1.79. The van der Waals surface area contributed by atoms with Crippen LogP contribution < -0.4 is 10.6 Å². The number of anilines is 1. The molecule has 0 heterocycles. The molecular formula is C11H13N3O. The van der Waals surface area contributed by atoms with E-state index in [2.05, 4.69) is 10.6 Å². The molecule has 0 aliphatic heterocycles. The number of urea groups is 1. The maximum atomic E-state index is 11.4. The SMILES string of the molecule is CC(CC#N)NC(=O)Nc1ccccc1. The van der Waals surface area contributed by atoms with E-state index in [4.69, 9.17) is 5.26 Å². The maximum absolute atomic E-state index is 11.4. The van der Waals surface area contributed by atoms with Crippen LogP contribution in [0.15, 0.2) is 30.3 Å². The van der Waals surface area contributed by atoms with Gasteiger partial charge in [-0.1, -0.05) is 18.2 Å². The molecule has 1 atom stereocenters. The molecule has 2 amide bonds. The van der Waals surface area contributed by atoms with Crippen molar-refractivity contribution in [1.82, 2.24) is 5.32 Å². The zero-order valence-corrected chi connectivity index (χ0v) is 8.53. The van der Waals surface area contributed by atoms with Gasteiger partial charge >= 0.3 is 6.03 Å². The minimum atomic E-state index is -0.288. The summed E-state index contributed by atoms with van der Waals surface area (Å²) in [5.74, 6) is 0. The highest BCUT2D eigenvalue weighted by Gasteiger charge is 2.05. The quantitative estimate of drug-likeness (QED) is 0.790. The monoisotopic (exact) mass is 203 g/mol. The number of hydrogen-bond acceptors (Lipinski definition) is 2. The fraction of sp³-hybridized carbons (Fsp3) is 0.273. The summed E-state index contributed by atoms with van der Waals surface area (Å²) in [6, 6.07) is 10.7. The second-order valence-corrected chi connectivity index (χ2v) is 3.23. The van der Waals surface area contributed by atoms with Crippen LogP contribution in [0.4, 0.5) is 10.5 Å². The van der Waals surface area contributed by atoms with Gasteiger partial charge < -0.3 is 10.6 Å². The fourth-order valence-corrected chi connectivity index (χ4v) is 1.10. The molecular weight excluding hydrogens is 190 g/mol. The number of amides is 2. The molecule has 1 aromatic rings. The average Bonchev–Trinajstić information content (AvgIpc) is 2.19. The summed E-state index contributed by atoms with van der Waals surface area (Å²) in [5, 5.41) is 13.7. The second kappa shape index (κ2) is 5.66. The Morgan fingerprint density at radius 2 is 2.13 bits per heavy atom. The fourth-order valence-electron chi connectivity index (χ4n) is 1.10. The molecule has 2 N–H and O–H groups in total. The van der Waals surface area contributed by atoms with E-state index in [9.17, 15) is 4.79 Å². The van der Waals surface area contributed by atoms with Crippen molar-refractivity contribution in [3.05, 3.63) is 30.3 Å². The number of hydrogen-bond donors (Lipinski definition) is 2. The summed E-state index contributed by atoms with van der Waals surface area (Å²) in [6.07, 6.45) is 0.308. The normalized spacial score (nSPS) is 11.2. The topological polar surface area (TPSA) is 64.9 Å². The molecule has 1 unspecified atom stereocenters. The smallest absolute Gasteiger partial charge is 0.319 e. The molecule has 0 aliphatic rings. The highest BCUT2D eigenvalue weighted by atomic mass is 16.2. The number of nitrogens with zero attached hydrogens (tertiary/aromatic N) is 1. The molecule has 0 radical (unpaired) electrons. The van der Waals surface area contributed by atoms with E-state index < -0.39 is 0 Å². The van der Waals surface area contributed by atoms with Crippen molar-refractivity contribution < 1.29 is 4.79 Å². The van der Waals surface area contributed by atoms with Crippen molar-refractivity contribution in [2.45, 2.75) is 19.4 Å². The lowest BCUT2D eigenvalue weighted by molar-refractivity contribution is 0.249. The van der Waals surface area contributed by atoms with E-state index in [-0.39, 0.29) is 12.1 Å². The standard InChI is InChI=1S/C11H13N3O/c1-9(7-8-12)13-11(15)14-10-5-3-2-4-6-10/h2-6,9H,7H2,1H3,(H2,13,14,15). The number of carbonyl (C=O) groups is 1. The van der Waals surface area contributed by atoms with Crippen LogP contribution in [0.2, 0.25) is 0 Å². The van der Waals surface area contributed by atoms with Crippen LogP contribution >= 0.6 is 0 Å². The summed E-state index contributed by atoms with van der Waals surface area (Å²) in [5.41, 5.74) is 0.735. The Kier molecular flexibility index (Phi) is 4.17. The van der Waals surface area contributed by atoms with Crippen LogP contribution in [0, 0.1) is 11.3 Å². The van der Waals surface area contributed by atoms with E-state index in [1.807, 2.05) is 24.3 Å². The largest absolute Gasteiger partial charge is 0.334 e. The Morgan fingerprint density at radius 3 is 2.73 bits per heavy atom. The van der Waals surface area contributed by atoms with Crippen molar-refractivity contribution in [3.8, 4) is 6.07 Å². The summed E-state index contributed by atoms with van der Waals surface area (Å²) in [4.78, 5) is 11.4. The summed E-state index contributed by atoms with van der Waals surface area (Å²) < 4.78 is 0. The number of rotatable bonds is 3. The first-order valence-corrected chi connectivity index (χ1v) is 4.72. The van der Waals surface area contributed by atoms with Crippen molar-refractivity contribution in [2.24, 2.45) is 0 Å². The van der Waals surface area contributed by atoms with Crippen LogP contribution in [0.1, 0.15) is 13.3 Å². The molecule has 0 aromatic heterocycles. The van der Waals surface area contributed by atoms with Crippen LogP contribution in [0.5, 0.6) is 0 Å². The predicted octanol–water partition coefficient (Wildman–Crippen LogP) is 2.11. The number of para-hydroxylation sites is 1. The predicted molar refractivity (Wildman–Crippen MR) is 58.3 cm³/mol. The third kappa shape index (κ3) is 4.14. The Bertz CT molecular complexity index is 356. The molecule has 0 fully saturated rings. The van der Waals surface area contributed by atoms with E-state index in [0.29, 0.717) is 6.42 Å². The number of nitrogens with one attached hydrogen (secondary N) is 2. The average molecular weight is 203 g/mol. The van der Waals surface area contributed by atoms with Crippen molar-refractivity contribution >= 4 is 11.7 Å². The maximum Gasteiger partial charge on any atom is 0.319 e. The van der Waals surface area contributed by atoms with Crippen LogP contribution in [-0.4, -0.2) is 12.1 Å². The molecule has 15 heavy (non-hydrogen) atoms. The van der Waals surface area contributed by atoms with E-state index in [0.717, 1.165) is 5.69 Å². The molecule has 0 spiro atoms. The summed E-state index contributed by atoms with van der Waals surface area (Å²) in [7, 11) is 0. The zero-order valence-electron chi connectivity index (χ0n) is 8.53. The van der Waals surface area contributed by atoms with Crippen LogP contribution in [0.25, 0.3) is 0 Å². The van der Waals surface area contributed by atoms with E-state index in [1.165, 1.54) is 0 Å². The molecule has 1 rings (SSSR count). The molecule has 4 nitrogen and oxygen atoms in total. The minimum absolute atomic E-state index is 0.140.